The first kappa shape index (κ1) is 31.8. The molecule has 1 unspecified atom stereocenters. The first-order valence-electron chi connectivity index (χ1n) is 20.9. The monoisotopic (exact) mass is 874 g/mol. The Morgan fingerprint density at radius 1 is 0.833 bits per heavy atom. The van der Waals surface area contributed by atoms with Crippen LogP contribution in [-0.4, -0.2) is 74.7 Å². The van der Waals surface area contributed by atoms with Gasteiger partial charge in [0, 0.05) is 36.2 Å². The normalized spacial score (nSPS) is 15.7. The Balaban J connectivity index is 0.000000543. The second-order valence-corrected chi connectivity index (χ2v) is 15.4. The number of para-hydroxylation sites is 2. The van der Waals surface area contributed by atoms with E-state index in [-0.39, 0.29) is 64.7 Å². The second kappa shape index (κ2) is 22.9. The Labute approximate surface area is 364 Å². The van der Waals surface area contributed by atoms with Crippen molar-refractivity contribution < 1.29 is 91.0 Å². The fraction of sp³-hybridized carbons (Fsp3) is 0.333. The maximum absolute atomic E-state index is 14.3. The fourth-order valence-corrected chi connectivity index (χ4v) is 5.28. The van der Waals surface area contributed by atoms with Gasteiger partial charge in [-0.1, -0.05) is 52.2 Å². The van der Waals surface area contributed by atoms with Crippen molar-refractivity contribution in [1.82, 2.24) is 20.6 Å². The van der Waals surface area contributed by atoms with Gasteiger partial charge in [-0.25, -0.2) is 26.8 Å². The minimum absolute atomic E-state index is 0. The first-order valence-corrected chi connectivity index (χ1v) is 18.8. The van der Waals surface area contributed by atoms with Crippen LogP contribution in [0.15, 0.2) is 106 Å². The van der Waals surface area contributed by atoms with Gasteiger partial charge in [0.1, 0.15) is 28.6 Å². The maximum atomic E-state index is 14.3. The number of carbonyl (C=O) groups excluding carboxylic acids is 2. The third-order valence-corrected chi connectivity index (χ3v) is 8.06. The third-order valence-electron chi connectivity index (χ3n) is 5.32. The summed E-state index contributed by atoms with van der Waals surface area (Å²) in [6.07, 6.45) is -0.687. The molecule has 0 spiro atoms. The van der Waals surface area contributed by atoms with Gasteiger partial charge >= 0.3 is 41.7 Å². The molecule has 0 aliphatic rings. The molecule has 0 saturated carbocycles. The van der Waals surface area contributed by atoms with Crippen LogP contribution in [0, 0.1) is 0 Å². The van der Waals surface area contributed by atoms with E-state index in [2.05, 4.69) is 36.5 Å². The fourth-order valence-electron chi connectivity index (χ4n) is 3.34. The number of allylic oxidation sites excluding steroid dienone is 1. The molecule has 0 aliphatic carbocycles. The van der Waals surface area contributed by atoms with Crippen molar-refractivity contribution in [2.75, 3.05) is 24.2 Å². The SMILES string of the molecule is CC(C)(C)OC(=O)NC/C=C(\F)CBr.[2H]c1nc2c(S(=O)(=O)C/C(F)=C/CNC(=O)OC(C)(C)C)c([2H])c([2H])c([2H])c2c([2H])c1[2H].[2H]c1nc2c(S(=O)[O-])c([2H])c([2H])c([2H])c2c([2H])c1[2H].[Na+]. The largest absolute Gasteiger partial charge is 1.00 e. The number of rotatable bonds is 9. The smallest absolute Gasteiger partial charge is 0.768 e. The number of sulfone groups is 1. The topological polar surface area (TPSA) is 177 Å². The number of halogens is 3. The number of ether oxygens (including phenoxy) is 2. The summed E-state index contributed by atoms with van der Waals surface area (Å²) < 4.78 is 177. The molecule has 18 heteroatoms. The predicted molar refractivity (Wildman–Crippen MR) is 203 cm³/mol. The van der Waals surface area contributed by atoms with Crippen LogP contribution in [0.4, 0.5) is 18.4 Å². The molecule has 2 N–H and O–H groups in total. The minimum atomic E-state index is -4.65. The van der Waals surface area contributed by atoms with Crippen molar-refractivity contribution in [3.05, 3.63) is 96.6 Å². The third kappa shape index (κ3) is 18.3. The predicted octanol–water partition coefficient (Wildman–Crippen LogP) is 4.62. The molecule has 2 aromatic heterocycles. The number of hydrogen-bond acceptors (Lipinski definition) is 10. The Kier molecular flexibility index (Phi) is 13.5. The molecule has 0 bridgehead atoms. The Bertz CT molecular complexity index is 2700. The molecule has 1 atom stereocenters. The molecule has 2 aromatic carbocycles. The zero-order valence-electron chi connectivity index (χ0n) is 42.1. The number of carbonyl (C=O) groups is 2. The number of hydrogen-bond donors (Lipinski definition) is 2. The molecule has 12 nitrogen and oxygen atoms in total. The number of aromatic nitrogens is 2. The van der Waals surface area contributed by atoms with Crippen molar-refractivity contribution in [2.24, 2.45) is 0 Å². The standard InChI is InChI=1S/C18H21FN2O4S.C9H15BrFNO2.C9H7NO2S.Na/c1-18(2,3)25-17(22)21-11-9-14(19)12-26(23,24)15-8-4-6-13-7-5-10-20-16(13)15;1-9(2,3)14-8(13)12-5-4-7(11)6-10;11-13(12)8-5-1-3-7-4-2-6-10-9(7)8;/h4-10H,11-12H2,1-3H3,(H,21,22);4H,5-6H2,1-3H3,(H,12,13);1-6H,(H,11,12);/q;;;+1/p-1/b14-9-;7-4-;;/i4D,5D,6D,7D,8D,10D;;1D,2D,3D,4D,5D,6D;. The van der Waals surface area contributed by atoms with Gasteiger partial charge in [0.2, 0.25) is 0 Å². The van der Waals surface area contributed by atoms with Gasteiger partial charge in [-0.3, -0.25) is 14.2 Å². The van der Waals surface area contributed by atoms with E-state index in [4.69, 9.17) is 25.9 Å². The van der Waals surface area contributed by atoms with Gasteiger partial charge in [0.25, 0.3) is 0 Å². The van der Waals surface area contributed by atoms with Crippen LogP contribution in [0.2, 0.25) is 0 Å². The summed E-state index contributed by atoms with van der Waals surface area (Å²) in [5.74, 6) is -2.74. The van der Waals surface area contributed by atoms with Gasteiger partial charge < -0.3 is 24.7 Å². The van der Waals surface area contributed by atoms with Crippen LogP contribution in [0.5, 0.6) is 0 Å². The van der Waals surface area contributed by atoms with Crippen molar-refractivity contribution in [1.29, 1.82) is 0 Å². The van der Waals surface area contributed by atoms with Gasteiger partial charge in [-0.15, -0.1) is 0 Å². The molecule has 0 fully saturated rings. The van der Waals surface area contributed by atoms with E-state index in [0.717, 1.165) is 6.08 Å². The molecule has 4 aromatic rings. The van der Waals surface area contributed by atoms with Crippen molar-refractivity contribution >= 4 is 70.8 Å². The average molecular weight is 876 g/mol. The van der Waals surface area contributed by atoms with Crippen LogP contribution in [0.1, 0.15) is 58.0 Å². The van der Waals surface area contributed by atoms with Crippen molar-refractivity contribution in [3.63, 3.8) is 0 Å². The Hall–Kier alpha value is -3.32. The number of alkyl halides is 1. The minimum Gasteiger partial charge on any atom is -0.768 e. The summed E-state index contributed by atoms with van der Waals surface area (Å²) in [4.78, 5) is 28.3. The number of nitrogens with zero attached hydrogens (tertiary/aromatic N) is 2. The molecule has 0 aliphatic heterocycles. The number of amides is 2. The first-order chi connectivity index (χ1) is 29.7. The molecule has 0 saturated heterocycles. The number of benzene rings is 2. The molecule has 2 amide bonds. The van der Waals surface area contributed by atoms with Crippen molar-refractivity contribution in [2.45, 2.75) is 62.5 Å². The van der Waals surface area contributed by atoms with E-state index in [1.807, 2.05) is 0 Å². The van der Waals surface area contributed by atoms with Gasteiger partial charge in [-0.2, -0.15) is 0 Å². The Morgan fingerprint density at radius 2 is 1.28 bits per heavy atom. The summed E-state index contributed by atoms with van der Waals surface area (Å²) in [6.45, 7) is 9.93. The summed E-state index contributed by atoms with van der Waals surface area (Å²) in [5, 5.41) is 4.00. The molecular formula is C36H42BrF2N4NaO8S2. The van der Waals surface area contributed by atoms with Gasteiger partial charge in [-0.05, 0) is 88.9 Å². The van der Waals surface area contributed by atoms with E-state index in [9.17, 15) is 35.5 Å². The Morgan fingerprint density at radius 3 is 1.76 bits per heavy atom. The molecule has 54 heavy (non-hydrogen) atoms. The number of alkyl carbamates (subject to hydrolysis) is 2. The van der Waals surface area contributed by atoms with E-state index >= 15 is 0 Å². The summed E-state index contributed by atoms with van der Waals surface area (Å²) in [7, 11) is -4.65. The maximum Gasteiger partial charge on any atom is 1.00 e. The van der Waals surface area contributed by atoms with Crippen LogP contribution in [0.25, 0.3) is 21.8 Å². The van der Waals surface area contributed by atoms with Gasteiger partial charge in [0.15, 0.2) is 9.84 Å². The van der Waals surface area contributed by atoms with E-state index in [1.54, 1.807) is 41.5 Å². The summed E-state index contributed by atoms with van der Waals surface area (Å²) in [6, 6.07) is -6.80. The molecular weight excluding hydrogens is 821 g/mol. The zero-order chi connectivity index (χ0) is 50.3. The number of fused-ring (bicyclic) bond motifs is 2. The molecule has 2 heterocycles. The van der Waals surface area contributed by atoms with Crippen LogP contribution >= 0.6 is 15.9 Å². The van der Waals surface area contributed by atoms with Crippen LogP contribution < -0.4 is 40.2 Å². The number of pyridine rings is 2. The van der Waals surface area contributed by atoms with E-state index in [1.165, 1.54) is 6.08 Å². The van der Waals surface area contributed by atoms with E-state index in [0.29, 0.717) is 0 Å². The second-order valence-electron chi connectivity index (χ2n) is 12.0. The molecule has 4 rings (SSSR count). The quantitative estimate of drug-likeness (QED) is 0.137. The van der Waals surface area contributed by atoms with Crippen LogP contribution in [0.3, 0.4) is 0 Å². The zero-order valence-corrected chi connectivity index (χ0v) is 35.3. The number of nitrogens with one attached hydrogen (secondary N) is 2. The average Bonchev–Trinajstić information content (AvgIpc) is 3.16. The molecule has 0 radical (unpaired) electrons. The van der Waals surface area contributed by atoms with E-state index < -0.39 is 149 Å². The summed E-state index contributed by atoms with van der Waals surface area (Å²) >= 11 is 0.0555. The summed E-state index contributed by atoms with van der Waals surface area (Å²) in [5.41, 5.74) is -2.30. The molecule has 288 valence electrons. The van der Waals surface area contributed by atoms with Gasteiger partial charge in [0.05, 0.1) is 42.6 Å². The van der Waals surface area contributed by atoms with Crippen molar-refractivity contribution in [3.8, 4) is 0 Å². The van der Waals surface area contributed by atoms with Crippen LogP contribution in [-0.2, 0) is 30.4 Å².